The zero-order valence-corrected chi connectivity index (χ0v) is 16.9. The third-order valence-electron chi connectivity index (χ3n) is 4.62. The van der Waals surface area contributed by atoms with Gasteiger partial charge in [0.05, 0.1) is 30.6 Å². The second-order valence-electron chi connectivity index (χ2n) is 6.75. The summed E-state index contributed by atoms with van der Waals surface area (Å²) in [5.74, 6) is 1.05. The first-order valence-corrected chi connectivity index (χ1v) is 9.43. The monoisotopic (exact) mass is 410 g/mol. The summed E-state index contributed by atoms with van der Waals surface area (Å²) in [6.45, 7) is 1.97. The Bertz CT molecular complexity index is 1310. The van der Waals surface area contributed by atoms with Crippen molar-refractivity contribution in [2.75, 3.05) is 17.7 Å². The minimum Gasteiger partial charge on any atom is -0.496 e. The van der Waals surface area contributed by atoms with E-state index < -0.39 is 6.03 Å². The Hall–Kier alpha value is -4.51. The molecule has 0 aliphatic carbocycles. The molecule has 0 atom stereocenters. The van der Waals surface area contributed by atoms with E-state index in [-0.39, 0.29) is 5.82 Å². The first-order chi connectivity index (χ1) is 15.1. The number of nitriles is 1. The number of benzene rings is 2. The summed E-state index contributed by atoms with van der Waals surface area (Å²) in [7, 11) is 1.63. The van der Waals surface area contributed by atoms with Crippen molar-refractivity contribution < 1.29 is 9.53 Å². The summed E-state index contributed by atoms with van der Waals surface area (Å²) in [6, 6.07) is 17.6. The zero-order valence-electron chi connectivity index (χ0n) is 16.9. The number of anilines is 2. The number of carbonyl (C=O) groups excluding carboxylic acids is 1. The van der Waals surface area contributed by atoms with E-state index in [2.05, 4.69) is 25.6 Å². The maximum atomic E-state index is 12.3. The molecule has 0 radical (unpaired) electrons. The fourth-order valence-electron chi connectivity index (χ4n) is 3.00. The summed E-state index contributed by atoms with van der Waals surface area (Å²) in [6.07, 6.45) is 1.47. The highest BCUT2D eigenvalue weighted by atomic mass is 16.5. The van der Waals surface area contributed by atoms with Crippen molar-refractivity contribution in [1.82, 2.24) is 15.0 Å². The molecular formula is C23H18N6O2. The minimum atomic E-state index is -0.474. The van der Waals surface area contributed by atoms with Crippen molar-refractivity contribution in [3.8, 4) is 23.1 Å². The molecule has 0 bridgehead atoms. The molecule has 0 saturated heterocycles. The minimum absolute atomic E-state index is 0.268. The van der Waals surface area contributed by atoms with Crippen molar-refractivity contribution in [2.45, 2.75) is 6.92 Å². The number of ether oxygens (including phenoxy) is 1. The van der Waals surface area contributed by atoms with Gasteiger partial charge in [0.1, 0.15) is 11.3 Å². The van der Waals surface area contributed by atoms with Gasteiger partial charge in [-0.15, -0.1) is 0 Å². The third kappa shape index (κ3) is 4.41. The summed E-state index contributed by atoms with van der Waals surface area (Å²) < 4.78 is 5.39. The van der Waals surface area contributed by atoms with Crippen LogP contribution in [-0.4, -0.2) is 28.1 Å². The molecule has 2 heterocycles. The van der Waals surface area contributed by atoms with Crippen LogP contribution in [-0.2, 0) is 0 Å². The second-order valence-corrected chi connectivity index (χ2v) is 6.75. The lowest BCUT2D eigenvalue weighted by molar-refractivity contribution is 0.262. The van der Waals surface area contributed by atoms with Crippen LogP contribution < -0.4 is 15.4 Å². The van der Waals surface area contributed by atoms with Crippen LogP contribution in [0.15, 0.2) is 60.8 Å². The number of rotatable bonds is 4. The van der Waals surface area contributed by atoms with Gasteiger partial charge in [-0.2, -0.15) is 5.26 Å². The average Bonchev–Trinajstić information content (AvgIpc) is 2.79. The molecule has 0 aliphatic rings. The molecule has 0 spiro atoms. The Morgan fingerprint density at radius 3 is 2.58 bits per heavy atom. The predicted octanol–water partition coefficient (Wildman–Crippen LogP) is 4.52. The van der Waals surface area contributed by atoms with Crippen molar-refractivity contribution in [3.63, 3.8) is 0 Å². The van der Waals surface area contributed by atoms with Gasteiger partial charge in [-0.1, -0.05) is 12.1 Å². The van der Waals surface area contributed by atoms with E-state index in [0.717, 1.165) is 22.6 Å². The fourth-order valence-corrected chi connectivity index (χ4v) is 3.00. The number of carbonyl (C=O) groups is 1. The number of hydrogen-bond acceptors (Lipinski definition) is 6. The number of fused-ring (bicyclic) bond motifs is 1. The quantitative estimate of drug-likeness (QED) is 0.511. The number of pyridine rings is 1. The van der Waals surface area contributed by atoms with E-state index in [1.54, 1.807) is 31.4 Å². The van der Waals surface area contributed by atoms with E-state index >= 15 is 0 Å². The van der Waals surface area contributed by atoms with Gasteiger partial charge in [-0.25, -0.2) is 19.7 Å². The Morgan fingerprint density at radius 2 is 1.84 bits per heavy atom. The zero-order chi connectivity index (χ0) is 21.8. The van der Waals surface area contributed by atoms with Gasteiger partial charge >= 0.3 is 6.03 Å². The first kappa shape index (κ1) is 19.8. The predicted molar refractivity (Wildman–Crippen MR) is 118 cm³/mol. The van der Waals surface area contributed by atoms with E-state index in [4.69, 9.17) is 10.00 Å². The molecular weight excluding hydrogens is 392 g/mol. The summed E-state index contributed by atoms with van der Waals surface area (Å²) >= 11 is 0. The smallest absolute Gasteiger partial charge is 0.324 e. The van der Waals surface area contributed by atoms with Crippen LogP contribution in [0, 0.1) is 18.3 Å². The Labute approximate surface area is 178 Å². The Kier molecular flexibility index (Phi) is 5.41. The standard InChI is InChI=1S/C23H18N6O2/c1-14-3-6-16(11-20(14)31-2)18-9-10-19-22(27-18)28-21(13-25-19)29-23(30)26-17-7-4-15(12-24)5-8-17/h3-11,13H,1-2H3,(H2,26,27,28,29,30). The SMILES string of the molecule is COc1cc(-c2ccc3ncc(NC(=O)Nc4ccc(C#N)cc4)nc3n2)ccc1C. The van der Waals surface area contributed by atoms with Crippen LogP contribution in [0.5, 0.6) is 5.75 Å². The summed E-state index contributed by atoms with van der Waals surface area (Å²) in [4.78, 5) is 25.6. The molecule has 2 aromatic heterocycles. The second kappa shape index (κ2) is 8.47. The van der Waals surface area contributed by atoms with Gasteiger partial charge in [0.15, 0.2) is 11.5 Å². The highest BCUT2D eigenvalue weighted by molar-refractivity contribution is 5.99. The molecule has 152 valence electrons. The van der Waals surface area contributed by atoms with Gasteiger partial charge < -0.3 is 10.1 Å². The van der Waals surface area contributed by atoms with Gasteiger partial charge in [-0.3, -0.25) is 5.32 Å². The van der Waals surface area contributed by atoms with Crippen molar-refractivity contribution in [3.05, 3.63) is 71.9 Å². The largest absolute Gasteiger partial charge is 0.496 e. The van der Waals surface area contributed by atoms with Gasteiger partial charge in [0, 0.05) is 11.3 Å². The maximum Gasteiger partial charge on any atom is 0.324 e. The number of aromatic nitrogens is 3. The van der Waals surface area contributed by atoms with E-state index in [9.17, 15) is 4.79 Å². The lowest BCUT2D eigenvalue weighted by Crippen LogP contribution is -2.20. The molecule has 4 aromatic rings. The number of amides is 2. The third-order valence-corrected chi connectivity index (χ3v) is 4.62. The lowest BCUT2D eigenvalue weighted by Gasteiger charge is -2.09. The highest BCUT2D eigenvalue weighted by Gasteiger charge is 2.09. The lowest BCUT2D eigenvalue weighted by atomic mass is 10.1. The van der Waals surface area contributed by atoms with Crippen LogP contribution in [0.4, 0.5) is 16.3 Å². The number of hydrogen-bond donors (Lipinski definition) is 2. The average molecular weight is 410 g/mol. The topological polar surface area (TPSA) is 113 Å². The first-order valence-electron chi connectivity index (χ1n) is 9.43. The van der Waals surface area contributed by atoms with E-state index in [1.807, 2.05) is 43.3 Å². The molecule has 8 nitrogen and oxygen atoms in total. The van der Waals surface area contributed by atoms with Crippen LogP contribution >= 0.6 is 0 Å². The molecule has 0 saturated carbocycles. The molecule has 2 aromatic carbocycles. The van der Waals surface area contributed by atoms with Crippen LogP contribution in [0.3, 0.4) is 0 Å². The molecule has 0 aliphatic heterocycles. The Morgan fingerprint density at radius 1 is 1.03 bits per heavy atom. The number of aryl methyl sites for hydroxylation is 1. The van der Waals surface area contributed by atoms with Crippen LogP contribution in [0.25, 0.3) is 22.4 Å². The normalized spacial score (nSPS) is 10.4. The van der Waals surface area contributed by atoms with Gasteiger partial charge in [-0.05, 0) is 55.0 Å². The Balaban J connectivity index is 1.55. The molecule has 0 unspecified atom stereocenters. The van der Waals surface area contributed by atoms with Crippen LogP contribution in [0.2, 0.25) is 0 Å². The van der Waals surface area contributed by atoms with Crippen LogP contribution in [0.1, 0.15) is 11.1 Å². The van der Waals surface area contributed by atoms with Gasteiger partial charge in [0.2, 0.25) is 0 Å². The van der Waals surface area contributed by atoms with E-state index in [0.29, 0.717) is 22.4 Å². The summed E-state index contributed by atoms with van der Waals surface area (Å²) in [5.41, 5.74) is 4.74. The van der Waals surface area contributed by atoms with Crippen molar-refractivity contribution in [2.24, 2.45) is 0 Å². The van der Waals surface area contributed by atoms with Crippen molar-refractivity contribution in [1.29, 1.82) is 5.26 Å². The summed E-state index contributed by atoms with van der Waals surface area (Å²) in [5, 5.41) is 14.2. The fraction of sp³-hybridized carbons (Fsp3) is 0.0870. The number of methoxy groups -OCH3 is 1. The molecule has 2 amide bonds. The molecule has 2 N–H and O–H groups in total. The number of nitrogens with zero attached hydrogens (tertiary/aromatic N) is 4. The number of urea groups is 1. The maximum absolute atomic E-state index is 12.3. The highest BCUT2D eigenvalue weighted by Crippen LogP contribution is 2.26. The number of nitrogens with one attached hydrogen (secondary N) is 2. The van der Waals surface area contributed by atoms with Crippen molar-refractivity contribution >= 4 is 28.7 Å². The molecule has 0 fully saturated rings. The van der Waals surface area contributed by atoms with E-state index in [1.165, 1.54) is 6.20 Å². The molecule has 31 heavy (non-hydrogen) atoms. The molecule has 8 heteroatoms. The van der Waals surface area contributed by atoms with Gasteiger partial charge in [0.25, 0.3) is 0 Å². The molecule has 4 rings (SSSR count).